The standard InChI is InChI=1S/C14H29N3/c1-3-4-13(2)15-7-8-16-9-11-17(12-10-16)14-5-6-14/h13-15H,3-12H2,1-2H3. The van der Waals surface area contributed by atoms with Gasteiger partial charge in [0.1, 0.15) is 0 Å². The first-order valence-electron chi connectivity index (χ1n) is 7.49. The van der Waals surface area contributed by atoms with Gasteiger partial charge in [-0.25, -0.2) is 0 Å². The molecule has 100 valence electrons. The Morgan fingerprint density at radius 1 is 1.18 bits per heavy atom. The second-order valence-electron chi connectivity index (χ2n) is 5.75. The second kappa shape index (κ2) is 6.72. The number of piperazine rings is 1. The topological polar surface area (TPSA) is 18.5 Å². The summed E-state index contributed by atoms with van der Waals surface area (Å²) < 4.78 is 0. The van der Waals surface area contributed by atoms with Crippen molar-refractivity contribution in [1.82, 2.24) is 15.1 Å². The molecule has 1 saturated carbocycles. The van der Waals surface area contributed by atoms with Gasteiger partial charge in [-0.1, -0.05) is 13.3 Å². The summed E-state index contributed by atoms with van der Waals surface area (Å²) in [5.41, 5.74) is 0. The van der Waals surface area contributed by atoms with Crippen LogP contribution in [-0.2, 0) is 0 Å². The quantitative estimate of drug-likeness (QED) is 0.727. The summed E-state index contributed by atoms with van der Waals surface area (Å²) in [6.45, 7) is 12.1. The number of hydrogen-bond acceptors (Lipinski definition) is 3. The maximum atomic E-state index is 3.62. The zero-order valence-electron chi connectivity index (χ0n) is 11.6. The highest BCUT2D eigenvalue weighted by Gasteiger charge is 2.30. The summed E-state index contributed by atoms with van der Waals surface area (Å²) in [4.78, 5) is 5.30. The molecule has 0 bridgehead atoms. The molecule has 0 radical (unpaired) electrons. The van der Waals surface area contributed by atoms with E-state index in [2.05, 4.69) is 29.0 Å². The zero-order chi connectivity index (χ0) is 12.1. The van der Waals surface area contributed by atoms with E-state index in [-0.39, 0.29) is 0 Å². The van der Waals surface area contributed by atoms with E-state index in [1.165, 1.54) is 58.4 Å². The van der Waals surface area contributed by atoms with E-state index in [0.29, 0.717) is 6.04 Å². The average Bonchev–Trinajstić information content (AvgIpc) is 3.14. The molecular formula is C14H29N3. The normalized spacial score (nSPS) is 25.1. The van der Waals surface area contributed by atoms with E-state index >= 15 is 0 Å². The highest BCUT2D eigenvalue weighted by molar-refractivity contribution is 4.87. The molecular weight excluding hydrogens is 210 g/mol. The predicted octanol–water partition coefficient (Wildman–Crippen LogP) is 1.54. The molecule has 1 aliphatic carbocycles. The maximum Gasteiger partial charge on any atom is 0.0113 e. The first-order valence-corrected chi connectivity index (χ1v) is 7.49. The average molecular weight is 239 g/mol. The van der Waals surface area contributed by atoms with Crippen molar-refractivity contribution in [3.63, 3.8) is 0 Å². The van der Waals surface area contributed by atoms with Crippen molar-refractivity contribution in [2.45, 2.75) is 51.6 Å². The molecule has 1 N–H and O–H groups in total. The second-order valence-corrected chi connectivity index (χ2v) is 5.75. The molecule has 1 unspecified atom stereocenters. The lowest BCUT2D eigenvalue weighted by atomic mass is 10.2. The molecule has 0 aromatic rings. The van der Waals surface area contributed by atoms with Crippen molar-refractivity contribution >= 4 is 0 Å². The van der Waals surface area contributed by atoms with Crippen LogP contribution in [0.15, 0.2) is 0 Å². The fourth-order valence-electron chi connectivity index (χ4n) is 2.80. The van der Waals surface area contributed by atoms with E-state index in [1.54, 1.807) is 0 Å². The minimum Gasteiger partial charge on any atom is -0.313 e. The third-order valence-corrected chi connectivity index (χ3v) is 4.11. The smallest absolute Gasteiger partial charge is 0.0113 e. The van der Waals surface area contributed by atoms with Gasteiger partial charge in [-0.2, -0.15) is 0 Å². The summed E-state index contributed by atoms with van der Waals surface area (Å²) in [5, 5.41) is 3.62. The fourth-order valence-corrected chi connectivity index (χ4v) is 2.80. The van der Waals surface area contributed by atoms with Crippen LogP contribution in [0.2, 0.25) is 0 Å². The van der Waals surface area contributed by atoms with Crippen LogP contribution in [0.3, 0.4) is 0 Å². The van der Waals surface area contributed by atoms with Crippen LogP contribution in [0.25, 0.3) is 0 Å². The van der Waals surface area contributed by atoms with Crippen molar-refractivity contribution in [2.75, 3.05) is 39.3 Å². The SMILES string of the molecule is CCCC(C)NCCN1CCN(C2CC2)CC1. The Bertz CT molecular complexity index is 208. The third kappa shape index (κ3) is 4.57. The molecule has 1 atom stereocenters. The fraction of sp³-hybridized carbons (Fsp3) is 1.00. The molecule has 2 aliphatic rings. The molecule has 0 aromatic carbocycles. The zero-order valence-corrected chi connectivity index (χ0v) is 11.6. The van der Waals surface area contributed by atoms with E-state index in [1.807, 2.05) is 0 Å². The molecule has 3 nitrogen and oxygen atoms in total. The lowest BCUT2D eigenvalue weighted by Gasteiger charge is -2.35. The monoisotopic (exact) mass is 239 g/mol. The maximum absolute atomic E-state index is 3.62. The first kappa shape index (κ1) is 13.3. The first-order chi connectivity index (χ1) is 8.29. The lowest BCUT2D eigenvalue weighted by molar-refractivity contribution is 0.126. The van der Waals surface area contributed by atoms with Crippen LogP contribution in [0.4, 0.5) is 0 Å². The van der Waals surface area contributed by atoms with E-state index in [0.717, 1.165) is 12.6 Å². The highest BCUT2D eigenvalue weighted by atomic mass is 15.3. The molecule has 1 heterocycles. The van der Waals surface area contributed by atoms with Gasteiger partial charge < -0.3 is 5.32 Å². The molecule has 3 heteroatoms. The van der Waals surface area contributed by atoms with Crippen molar-refractivity contribution in [3.05, 3.63) is 0 Å². The molecule has 1 aliphatic heterocycles. The van der Waals surface area contributed by atoms with Gasteiger partial charge in [0.2, 0.25) is 0 Å². The van der Waals surface area contributed by atoms with Crippen LogP contribution in [0.1, 0.15) is 39.5 Å². The number of nitrogens with one attached hydrogen (secondary N) is 1. The van der Waals surface area contributed by atoms with E-state index < -0.39 is 0 Å². The summed E-state index contributed by atoms with van der Waals surface area (Å²) in [6.07, 6.45) is 5.50. The van der Waals surface area contributed by atoms with Gasteiger partial charge >= 0.3 is 0 Å². The van der Waals surface area contributed by atoms with Gasteiger partial charge in [-0.15, -0.1) is 0 Å². The van der Waals surface area contributed by atoms with Gasteiger partial charge in [-0.05, 0) is 26.2 Å². The minimum atomic E-state index is 0.688. The minimum absolute atomic E-state index is 0.688. The Balaban J connectivity index is 1.52. The predicted molar refractivity (Wildman–Crippen MR) is 73.4 cm³/mol. The van der Waals surface area contributed by atoms with Crippen molar-refractivity contribution in [3.8, 4) is 0 Å². The number of rotatable bonds is 7. The summed E-state index contributed by atoms with van der Waals surface area (Å²) in [5.74, 6) is 0. The molecule has 2 fully saturated rings. The van der Waals surface area contributed by atoms with Crippen molar-refractivity contribution in [2.24, 2.45) is 0 Å². The van der Waals surface area contributed by atoms with Gasteiger partial charge in [0, 0.05) is 51.4 Å². The van der Waals surface area contributed by atoms with Gasteiger partial charge in [0.15, 0.2) is 0 Å². The number of hydrogen-bond donors (Lipinski definition) is 1. The van der Waals surface area contributed by atoms with E-state index in [4.69, 9.17) is 0 Å². The van der Waals surface area contributed by atoms with Crippen LogP contribution < -0.4 is 5.32 Å². The Kier molecular flexibility index (Phi) is 5.26. The Morgan fingerprint density at radius 3 is 2.47 bits per heavy atom. The summed E-state index contributed by atoms with van der Waals surface area (Å²) in [7, 11) is 0. The van der Waals surface area contributed by atoms with Crippen LogP contribution >= 0.6 is 0 Å². The number of nitrogens with zero attached hydrogens (tertiary/aromatic N) is 2. The van der Waals surface area contributed by atoms with Gasteiger partial charge in [0.25, 0.3) is 0 Å². The Hall–Kier alpha value is -0.120. The Labute approximate surface area is 107 Å². The van der Waals surface area contributed by atoms with Crippen molar-refractivity contribution < 1.29 is 0 Å². The van der Waals surface area contributed by atoms with Crippen LogP contribution in [0.5, 0.6) is 0 Å². The summed E-state index contributed by atoms with van der Waals surface area (Å²) in [6, 6.07) is 1.65. The molecule has 2 rings (SSSR count). The third-order valence-electron chi connectivity index (χ3n) is 4.11. The van der Waals surface area contributed by atoms with E-state index in [9.17, 15) is 0 Å². The van der Waals surface area contributed by atoms with Crippen molar-refractivity contribution in [1.29, 1.82) is 0 Å². The van der Waals surface area contributed by atoms with Crippen LogP contribution in [0, 0.1) is 0 Å². The summed E-state index contributed by atoms with van der Waals surface area (Å²) >= 11 is 0. The molecule has 0 amide bonds. The highest BCUT2D eigenvalue weighted by Crippen LogP contribution is 2.27. The van der Waals surface area contributed by atoms with Gasteiger partial charge in [0.05, 0.1) is 0 Å². The largest absolute Gasteiger partial charge is 0.313 e. The van der Waals surface area contributed by atoms with Crippen LogP contribution in [-0.4, -0.2) is 61.2 Å². The molecule has 0 aromatic heterocycles. The Morgan fingerprint density at radius 2 is 1.88 bits per heavy atom. The molecule has 1 saturated heterocycles. The molecule has 17 heavy (non-hydrogen) atoms. The lowest BCUT2D eigenvalue weighted by Crippen LogP contribution is -2.49. The molecule has 0 spiro atoms. The van der Waals surface area contributed by atoms with Gasteiger partial charge in [-0.3, -0.25) is 9.80 Å².